The largest absolute Gasteiger partial charge is 0.314 e. The zero-order valence-electron chi connectivity index (χ0n) is 13.1. The molecular formula is C17H25N3O. The molecule has 1 aromatic carbocycles. The number of nitrogens with zero attached hydrogens (tertiary/aromatic N) is 2. The number of fused-ring (bicyclic) bond motifs is 1. The van der Waals surface area contributed by atoms with Crippen LogP contribution in [0.3, 0.4) is 0 Å². The average Bonchev–Trinajstić information content (AvgIpc) is 2.48. The van der Waals surface area contributed by atoms with E-state index in [1.54, 1.807) is 0 Å². The molecule has 114 valence electrons. The summed E-state index contributed by atoms with van der Waals surface area (Å²) in [5.41, 5.74) is 2.46. The number of benzene rings is 1. The van der Waals surface area contributed by atoms with Crippen LogP contribution in [-0.2, 0) is 11.2 Å². The SMILES string of the molecule is CC1(C)CNCCN1CC(=O)N1CCCc2ccccc21. The zero-order valence-corrected chi connectivity index (χ0v) is 13.1. The molecule has 1 saturated heterocycles. The molecule has 0 radical (unpaired) electrons. The normalized spacial score (nSPS) is 21.9. The Kier molecular flexibility index (Phi) is 4.00. The summed E-state index contributed by atoms with van der Waals surface area (Å²) in [5.74, 6) is 0.233. The maximum Gasteiger partial charge on any atom is 0.241 e. The summed E-state index contributed by atoms with van der Waals surface area (Å²) in [7, 11) is 0. The summed E-state index contributed by atoms with van der Waals surface area (Å²) in [4.78, 5) is 17.1. The molecule has 0 atom stereocenters. The van der Waals surface area contributed by atoms with Gasteiger partial charge in [-0.25, -0.2) is 0 Å². The van der Waals surface area contributed by atoms with Crippen LogP contribution in [0.25, 0.3) is 0 Å². The predicted molar refractivity (Wildman–Crippen MR) is 85.6 cm³/mol. The molecule has 0 spiro atoms. The number of para-hydroxylation sites is 1. The second-order valence-electron chi connectivity index (χ2n) is 6.69. The number of hydrogen-bond donors (Lipinski definition) is 1. The van der Waals surface area contributed by atoms with E-state index in [4.69, 9.17) is 0 Å². The first-order valence-electron chi connectivity index (χ1n) is 7.92. The first-order valence-corrected chi connectivity index (χ1v) is 7.92. The van der Waals surface area contributed by atoms with Gasteiger partial charge in [0.05, 0.1) is 6.54 Å². The van der Waals surface area contributed by atoms with Crippen LogP contribution < -0.4 is 10.2 Å². The minimum atomic E-state index is 0.0449. The Labute approximate surface area is 127 Å². The van der Waals surface area contributed by atoms with E-state index in [9.17, 15) is 4.79 Å². The van der Waals surface area contributed by atoms with Gasteiger partial charge in [-0.1, -0.05) is 18.2 Å². The van der Waals surface area contributed by atoms with Crippen molar-refractivity contribution in [1.29, 1.82) is 0 Å². The third-order valence-corrected chi connectivity index (χ3v) is 4.71. The number of anilines is 1. The summed E-state index contributed by atoms with van der Waals surface area (Å²) in [5, 5.41) is 3.41. The van der Waals surface area contributed by atoms with Crippen LogP contribution in [0.5, 0.6) is 0 Å². The highest BCUT2D eigenvalue weighted by Gasteiger charge is 2.32. The Morgan fingerprint density at radius 3 is 2.90 bits per heavy atom. The fourth-order valence-electron chi connectivity index (χ4n) is 3.36. The monoisotopic (exact) mass is 287 g/mol. The first kappa shape index (κ1) is 14.5. The molecular weight excluding hydrogens is 262 g/mol. The van der Waals surface area contributed by atoms with Gasteiger partial charge in [0, 0.05) is 37.4 Å². The van der Waals surface area contributed by atoms with Crippen molar-refractivity contribution in [2.75, 3.05) is 37.6 Å². The van der Waals surface area contributed by atoms with E-state index in [0.29, 0.717) is 6.54 Å². The third-order valence-electron chi connectivity index (χ3n) is 4.71. The lowest BCUT2D eigenvalue weighted by Gasteiger charge is -2.43. The molecule has 2 aliphatic rings. The van der Waals surface area contributed by atoms with Gasteiger partial charge >= 0.3 is 0 Å². The van der Waals surface area contributed by atoms with Gasteiger partial charge in [0.15, 0.2) is 0 Å². The van der Waals surface area contributed by atoms with E-state index in [-0.39, 0.29) is 11.4 Å². The van der Waals surface area contributed by atoms with Crippen molar-refractivity contribution in [1.82, 2.24) is 10.2 Å². The minimum absolute atomic E-state index is 0.0449. The van der Waals surface area contributed by atoms with E-state index in [0.717, 1.165) is 44.7 Å². The van der Waals surface area contributed by atoms with E-state index in [1.165, 1.54) is 5.56 Å². The number of nitrogens with one attached hydrogen (secondary N) is 1. The predicted octanol–water partition coefficient (Wildman–Crippen LogP) is 1.65. The summed E-state index contributed by atoms with van der Waals surface area (Å²) in [6.45, 7) is 8.62. The molecule has 1 N–H and O–H groups in total. The first-order chi connectivity index (χ1) is 10.1. The molecule has 0 bridgehead atoms. The fraction of sp³-hybridized carbons (Fsp3) is 0.588. The number of hydrogen-bond acceptors (Lipinski definition) is 3. The van der Waals surface area contributed by atoms with Crippen LogP contribution in [-0.4, -0.2) is 49.1 Å². The molecule has 4 nitrogen and oxygen atoms in total. The summed E-state index contributed by atoms with van der Waals surface area (Å²) >= 11 is 0. The molecule has 0 unspecified atom stereocenters. The summed E-state index contributed by atoms with van der Waals surface area (Å²) < 4.78 is 0. The third kappa shape index (κ3) is 2.97. The summed E-state index contributed by atoms with van der Waals surface area (Å²) in [6, 6.07) is 8.31. The van der Waals surface area contributed by atoms with Gasteiger partial charge in [0.25, 0.3) is 0 Å². The maximum absolute atomic E-state index is 12.8. The number of amides is 1. The van der Waals surface area contributed by atoms with Crippen molar-refractivity contribution in [2.24, 2.45) is 0 Å². The fourth-order valence-corrected chi connectivity index (χ4v) is 3.36. The minimum Gasteiger partial charge on any atom is -0.314 e. The van der Waals surface area contributed by atoms with E-state index in [1.807, 2.05) is 11.0 Å². The van der Waals surface area contributed by atoms with Crippen LogP contribution in [0.2, 0.25) is 0 Å². The number of aryl methyl sites for hydroxylation is 1. The van der Waals surface area contributed by atoms with Crippen LogP contribution in [0.15, 0.2) is 24.3 Å². The molecule has 1 aromatic rings. The highest BCUT2D eigenvalue weighted by molar-refractivity contribution is 5.96. The number of carbonyl (C=O) groups is 1. The molecule has 1 amide bonds. The van der Waals surface area contributed by atoms with Gasteiger partial charge < -0.3 is 10.2 Å². The Morgan fingerprint density at radius 1 is 1.29 bits per heavy atom. The van der Waals surface area contributed by atoms with Crippen LogP contribution in [0, 0.1) is 0 Å². The van der Waals surface area contributed by atoms with E-state index in [2.05, 4.69) is 42.3 Å². The van der Waals surface area contributed by atoms with Crippen molar-refractivity contribution in [3.63, 3.8) is 0 Å². The summed E-state index contributed by atoms with van der Waals surface area (Å²) in [6.07, 6.45) is 2.15. The standard InChI is InChI=1S/C17H25N3O/c1-17(2)13-18-9-11-19(17)12-16(21)20-10-5-7-14-6-3-4-8-15(14)20/h3-4,6,8,18H,5,7,9-13H2,1-2H3. The Balaban J connectivity index is 1.74. The molecule has 3 rings (SSSR count). The van der Waals surface area contributed by atoms with Crippen molar-refractivity contribution in [3.8, 4) is 0 Å². The van der Waals surface area contributed by atoms with Crippen molar-refractivity contribution in [2.45, 2.75) is 32.2 Å². The molecule has 21 heavy (non-hydrogen) atoms. The highest BCUT2D eigenvalue weighted by atomic mass is 16.2. The topological polar surface area (TPSA) is 35.6 Å². The van der Waals surface area contributed by atoms with Crippen LogP contribution in [0.4, 0.5) is 5.69 Å². The Hall–Kier alpha value is -1.39. The van der Waals surface area contributed by atoms with Gasteiger partial charge in [-0.3, -0.25) is 9.69 Å². The molecule has 0 aromatic heterocycles. The van der Waals surface area contributed by atoms with Crippen molar-refractivity contribution >= 4 is 11.6 Å². The second-order valence-corrected chi connectivity index (χ2v) is 6.69. The smallest absolute Gasteiger partial charge is 0.241 e. The number of carbonyl (C=O) groups excluding carboxylic acids is 1. The zero-order chi connectivity index (χ0) is 14.9. The lowest BCUT2D eigenvalue weighted by Crippen LogP contribution is -2.60. The van der Waals surface area contributed by atoms with E-state index < -0.39 is 0 Å². The molecule has 1 fully saturated rings. The van der Waals surface area contributed by atoms with E-state index >= 15 is 0 Å². The van der Waals surface area contributed by atoms with Crippen molar-refractivity contribution < 1.29 is 4.79 Å². The number of rotatable bonds is 2. The van der Waals surface area contributed by atoms with Gasteiger partial charge in [0.1, 0.15) is 0 Å². The van der Waals surface area contributed by atoms with Crippen LogP contribution >= 0.6 is 0 Å². The molecule has 4 heteroatoms. The van der Waals surface area contributed by atoms with Crippen LogP contribution in [0.1, 0.15) is 25.8 Å². The lowest BCUT2D eigenvalue weighted by molar-refractivity contribution is -0.121. The average molecular weight is 287 g/mol. The second kappa shape index (κ2) is 5.78. The van der Waals surface area contributed by atoms with Gasteiger partial charge in [-0.15, -0.1) is 0 Å². The lowest BCUT2D eigenvalue weighted by atomic mass is 9.99. The number of piperazine rings is 1. The maximum atomic E-state index is 12.8. The quantitative estimate of drug-likeness (QED) is 0.898. The Morgan fingerprint density at radius 2 is 2.10 bits per heavy atom. The Bertz CT molecular complexity index is 527. The van der Waals surface area contributed by atoms with Gasteiger partial charge in [0.2, 0.25) is 5.91 Å². The van der Waals surface area contributed by atoms with Crippen molar-refractivity contribution in [3.05, 3.63) is 29.8 Å². The van der Waals surface area contributed by atoms with Gasteiger partial charge in [-0.2, -0.15) is 0 Å². The molecule has 0 aliphatic carbocycles. The van der Waals surface area contributed by atoms with Gasteiger partial charge in [-0.05, 0) is 38.3 Å². The molecule has 2 heterocycles. The molecule has 0 saturated carbocycles. The highest BCUT2D eigenvalue weighted by Crippen LogP contribution is 2.27. The molecule has 2 aliphatic heterocycles.